The zero-order chi connectivity index (χ0) is 22.1. The molecule has 2 aromatic rings. The zero-order valence-corrected chi connectivity index (χ0v) is 16.7. The fourth-order valence-electron chi connectivity index (χ4n) is 2.98. The van der Waals surface area contributed by atoms with Gasteiger partial charge in [0.05, 0.1) is 25.0 Å². The molecule has 2 amide bonds. The highest BCUT2D eigenvalue weighted by atomic mass is 19.4. The molecule has 10 heteroatoms. The Morgan fingerprint density at radius 3 is 2.70 bits per heavy atom. The lowest BCUT2D eigenvalue weighted by Crippen LogP contribution is -2.24. The Hall–Kier alpha value is -3.17. The Morgan fingerprint density at radius 1 is 1.33 bits per heavy atom. The van der Waals surface area contributed by atoms with Gasteiger partial charge in [0, 0.05) is 23.2 Å². The number of rotatable bonds is 6. The number of hydrogen-bond acceptors (Lipinski definition) is 5. The number of nitrogens with one attached hydrogen (secondary N) is 1. The molecule has 0 aliphatic carbocycles. The summed E-state index contributed by atoms with van der Waals surface area (Å²) in [5.41, 5.74) is 2.07. The normalized spacial score (nSPS) is 13.6. The molecule has 1 aliphatic rings. The molecule has 0 unspecified atom stereocenters. The van der Waals surface area contributed by atoms with Gasteiger partial charge in [-0.15, -0.1) is 0 Å². The van der Waals surface area contributed by atoms with Crippen molar-refractivity contribution in [1.82, 2.24) is 14.9 Å². The average molecular weight is 422 g/mol. The SMILES string of the molecule is Cc1cc(CN2Cc3c(ccnc3NC(=O)C(C)C)C2=O)ncc1OCC(F)(F)F. The lowest BCUT2D eigenvalue weighted by molar-refractivity contribution is -0.153. The minimum atomic E-state index is -4.43. The third kappa shape index (κ3) is 4.87. The first-order valence-electron chi connectivity index (χ1n) is 9.28. The van der Waals surface area contributed by atoms with Gasteiger partial charge >= 0.3 is 6.18 Å². The molecule has 3 rings (SSSR count). The number of halogens is 3. The van der Waals surface area contributed by atoms with E-state index in [2.05, 4.69) is 15.3 Å². The first-order valence-corrected chi connectivity index (χ1v) is 9.28. The molecule has 0 aromatic carbocycles. The quantitative estimate of drug-likeness (QED) is 0.771. The molecule has 0 atom stereocenters. The molecule has 1 aliphatic heterocycles. The van der Waals surface area contributed by atoms with Crippen LogP contribution in [0.2, 0.25) is 0 Å². The van der Waals surface area contributed by atoms with Crippen LogP contribution in [0.15, 0.2) is 24.5 Å². The summed E-state index contributed by atoms with van der Waals surface area (Å²) in [5, 5.41) is 2.74. The van der Waals surface area contributed by atoms with E-state index in [0.717, 1.165) is 0 Å². The summed E-state index contributed by atoms with van der Waals surface area (Å²) in [7, 11) is 0. The van der Waals surface area contributed by atoms with Crippen LogP contribution in [-0.4, -0.2) is 39.5 Å². The van der Waals surface area contributed by atoms with Gasteiger partial charge in [-0.1, -0.05) is 13.8 Å². The number of fused-ring (bicyclic) bond motifs is 1. The van der Waals surface area contributed by atoms with Gasteiger partial charge < -0.3 is 15.0 Å². The highest BCUT2D eigenvalue weighted by Crippen LogP contribution is 2.29. The largest absolute Gasteiger partial charge is 0.482 e. The van der Waals surface area contributed by atoms with Crippen molar-refractivity contribution < 1.29 is 27.5 Å². The van der Waals surface area contributed by atoms with Crippen molar-refractivity contribution >= 4 is 17.6 Å². The summed E-state index contributed by atoms with van der Waals surface area (Å²) in [6.45, 7) is 4.12. The van der Waals surface area contributed by atoms with Crippen LogP contribution in [0.3, 0.4) is 0 Å². The van der Waals surface area contributed by atoms with Crippen LogP contribution in [0.25, 0.3) is 0 Å². The van der Waals surface area contributed by atoms with Crippen LogP contribution in [0.4, 0.5) is 19.0 Å². The summed E-state index contributed by atoms with van der Waals surface area (Å²) < 4.78 is 41.7. The van der Waals surface area contributed by atoms with Gasteiger partial charge in [-0.2, -0.15) is 13.2 Å². The smallest absolute Gasteiger partial charge is 0.422 e. The Balaban J connectivity index is 1.73. The maximum absolute atomic E-state index is 12.7. The number of alkyl halides is 3. The van der Waals surface area contributed by atoms with Crippen molar-refractivity contribution in [2.45, 2.75) is 40.0 Å². The van der Waals surface area contributed by atoms with Crippen LogP contribution in [0.1, 0.15) is 41.0 Å². The third-order valence-corrected chi connectivity index (χ3v) is 4.55. The Morgan fingerprint density at radius 2 is 2.07 bits per heavy atom. The Kier molecular flexibility index (Phi) is 5.95. The lowest BCUT2D eigenvalue weighted by Gasteiger charge is -2.17. The van der Waals surface area contributed by atoms with Gasteiger partial charge in [-0.25, -0.2) is 4.98 Å². The fourth-order valence-corrected chi connectivity index (χ4v) is 2.98. The van der Waals surface area contributed by atoms with E-state index < -0.39 is 12.8 Å². The molecule has 0 saturated heterocycles. The highest BCUT2D eigenvalue weighted by molar-refractivity contribution is 6.01. The molecule has 0 bridgehead atoms. The molecule has 30 heavy (non-hydrogen) atoms. The van der Waals surface area contributed by atoms with E-state index in [4.69, 9.17) is 4.74 Å². The average Bonchev–Trinajstić information content (AvgIpc) is 2.97. The number of nitrogens with zero attached hydrogens (tertiary/aromatic N) is 3. The second kappa shape index (κ2) is 8.29. The highest BCUT2D eigenvalue weighted by Gasteiger charge is 2.31. The van der Waals surface area contributed by atoms with E-state index in [-0.39, 0.29) is 36.6 Å². The predicted octanol–water partition coefficient (Wildman–Crippen LogP) is 3.48. The van der Waals surface area contributed by atoms with Crippen molar-refractivity contribution in [3.05, 3.63) is 46.9 Å². The van der Waals surface area contributed by atoms with Gasteiger partial charge in [0.1, 0.15) is 11.6 Å². The number of pyridine rings is 2. The number of anilines is 1. The second-order valence-corrected chi connectivity index (χ2v) is 7.34. The molecule has 0 fully saturated rings. The fraction of sp³-hybridized carbons (Fsp3) is 0.400. The van der Waals surface area contributed by atoms with Crippen molar-refractivity contribution in [3.8, 4) is 5.75 Å². The number of ether oxygens (including phenoxy) is 1. The maximum atomic E-state index is 12.7. The Bertz CT molecular complexity index is 976. The molecule has 2 aromatic heterocycles. The molecular weight excluding hydrogens is 401 g/mol. The van der Waals surface area contributed by atoms with Crippen molar-refractivity contribution in [1.29, 1.82) is 0 Å². The van der Waals surface area contributed by atoms with Gasteiger partial charge in [0.25, 0.3) is 5.91 Å². The van der Waals surface area contributed by atoms with E-state index >= 15 is 0 Å². The monoisotopic (exact) mass is 422 g/mol. The molecule has 3 heterocycles. The van der Waals surface area contributed by atoms with Crippen LogP contribution in [0, 0.1) is 12.8 Å². The van der Waals surface area contributed by atoms with E-state index in [1.54, 1.807) is 32.9 Å². The van der Waals surface area contributed by atoms with Gasteiger partial charge in [-0.3, -0.25) is 14.6 Å². The van der Waals surface area contributed by atoms with Crippen molar-refractivity contribution in [3.63, 3.8) is 0 Å². The van der Waals surface area contributed by atoms with Crippen LogP contribution < -0.4 is 10.1 Å². The maximum Gasteiger partial charge on any atom is 0.422 e. The standard InChI is InChI=1S/C20H21F3N4O3/c1-11(2)18(28)26-17-15-9-27(19(29)14(15)4-5-24-17)8-13-6-12(3)16(7-25-13)30-10-20(21,22)23/h4-7,11H,8-10H2,1-3H3,(H,24,26,28). The first kappa shape index (κ1) is 21.5. The van der Waals surface area contributed by atoms with E-state index in [9.17, 15) is 22.8 Å². The van der Waals surface area contributed by atoms with Gasteiger partial charge in [0.2, 0.25) is 5.91 Å². The summed E-state index contributed by atoms with van der Waals surface area (Å²) >= 11 is 0. The molecule has 0 spiro atoms. The molecular formula is C20H21F3N4O3. The molecule has 0 saturated carbocycles. The molecule has 7 nitrogen and oxygen atoms in total. The summed E-state index contributed by atoms with van der Waals surface area (Å²) in [6.07, 6.45) is -1.75. The third-order valence-electron chi connectivity index (χ3n) is 4.55. The minimum absolute atomic E-state index is 0.0370. The van der Waals surface area contributed by atoms with Crippen molar-refractivity contribution in [2.75, 3.05) is 11.9 Å². The number of aryl methyl sites for hydroxylation is 1. The number of amides is 2. The summed E-state index contributed by atoms with van der Waals surface area (Å²) in [6, 6.07) is 3.18. The van der Waals surface area contributed by atoms with Crippen molar-refractivity contribution in [2.24, 2.45) is 5.92 Å². The van der Waals surface area contributed by atoms with Crippen LogP contribution in [0.5, 0.6) is 5.75 Å². The van der Waals surface area contributed by atoms with Crippen LogP contribution in [-0.2, 0) is 17.9 Å². The molecule has 0 radical (unpaired) electrons. The number of carbonyl (C=O) groups is 2. The second-order valence-electron chi connectivity index (χ2n) is 7.34. The molecule has 1 N–H and O–H groups in total. The lowest BCUT2D eigenvalue weighted by atomic mass is 10.1. The minimum Gasteiger partial charge on any atom is -0.482 e. The van der Waals surface area contributed by atoms with Crippen LogP contribution >= 0.6 is 0 Å². The number of carbonyl (C=O) groups excluding carboxylic acids is 2. The summed E-state index contributed by atoms with van der Waals surface area (Å²) in [5.74, 6) is -0.281. The zero-order valence-electron chi connectivity index (χ0n) is 16.7. The van der Waals surface area contributed by atoms with Gasteiger partial charge in [0.15, 0.2) is 6.61 Å². The number of hydrogen-bond donors (Lipinski definition) is 1. The van der Waals surface area contributed by atoms with Gasteiger partial charge in [-0.05, 0) is 24.6 Å². The predicted molar refractivity (Wildman–Crippen MR) is 102 cm³/mol. The topological polar surface area (TPSA) is 84.4 Å². The number of aromatic nitrogens is 2. The van der Waals surface area contributed by atoms with E-state index in [1.165, 1.54) is 17.3 Å². The first-order chi connectivity index (χ1) is 14.0. The summed E-state index contributed by atoms with van der Waals surface area (Å²) in [4.78, 5) is 34.6. The molecule has 160 valence electrons. The Labute approximate surface area is 171 Å². The van der Waals surface area contributed by atoms with E-state index in [0.29, 0.717) is 28.2 Å². The van der Waals surface area contributed by atoms with E-state index in [1.807, 2.05) is 0 Å².